The van der Waals surface area contributed by atoms with Gasteiger partial charge in [0.2, 0.25) is 5.89 Å². The minimum Gasteiger partial charge on any atom is -0.481 e. The van der Waals surface area contributed by atoms with Gasteiger partial charge in [-0.15, -0.1) is 10.2 Å². The molecule has 1 N–H and O–H groups in total. The van der Waals surface area contributed by atoms with E-state index < -0.39 is 17.7 Å². The molecule has 0 aliphatic carbocycles. The van der Waals surface area contributed by atoms with Crippen LogP contribution < -0.4 is 0 Å². The first-order valence-corrected chi connectivity index (χ1v) is 7.10. The number of hydrogen-bond donors (Lipinski definition) is 1. The Hall–Kier alpha value is -1.55. The maximum atomic E-state index is 12.8. The molecule has 0 saturated heterocycles. The Bertz CT molecular complexity index is 675. The van der Waals surface area contributed by atoms with Gasteiger partial charge in [-0.1, -0.05) is 27.7 Å². The van der Waals surface area contributed by atoms with E-state index in [4.69, 9.17) is 9.52 Å². The predicted octanol–water partition coefficient (Wildman–Crippen LogP) is 3.69. The van der Waals surface area contributed by atoms with E-state index in [2.05, 4.69) is 26.1 Å². The molecule has 0 fully saturated rings. The second kappa shape index (κ2) is 6.06. The molecule has 0 aliphatic rings. The van der Waals surface area contributed by atoms with Gasteiger partial charge in [-0.25, -0.2) is 0 Å². The average Bonchev–Trinajstić information content (AvgIpc) is 2.84. The van der Waals surface area contributed by atoms with Gasteiger partial charge in [-0.3, -0.25) is 4.79 Å². The van der Waals surface area contributed by atoms with Gasteiger partial charge in [-0.2, -0.15) is 13.2 Å². The monoisotopic (exact) mass is 382 g/mol. The summed E-state index contributed by atoms with van der Waals surface area (Å²) in [6.07, 6.45) is -4.52. The molecule has 0 aliphatic heterocycles. The molecule has 0 saturated carbocycles. The summed E-state index contributed by atoms with van der Waals surface area (Å²) in [5, 5.41) is 15.7. The van der Waals surface area contributed by atoms with Crippen LogP contribution in [0.1, 0.15) is 5.56 Å². The van der Waals surface area contributed by atoms with Crippen LogP contribution in [-0.4, -0.2) is 27.0 Å². The predicted molar refractivity (Wildman–Crippen MR) is 70.8 cm³/mol. The number of benzene rings is 1. The molecule has 2 rings (SSSR count). The van der Waals surface area contributed by atoms with E-state index >= 15 is 0 Å². The van der Waals surface area contributed by atoms with Crippen molar-refractivity contribution in [1.29, 1.82) is 0 Å². The van der Waals surface area contributed by atoms with Crippen LogP contribution in [0, 0.1) is 0 Å². The second-order valence-electron chi connectivity index (χ2n) is 3.75. The number of nitrogens with zero attached hydrogens (tertiary/aromatic N) is 2. The Morgan fingerprint density at radius 1 is 1.38 bits per heavy atom. The summed E-state index contributed by atoms with van der Waals surface area (Å²) in [5.74, 6) is -1.46. The normalized spacial score (nSPS) is 11.6. The number of carboxylic acids is 1. The van der Waals surface area contributed by atoms with Gasteiger partial charge in [0.1, 0.15) is 5.75 Å². The zero-order valence-corrected chi connectivity index (χ0v) is 12.4. The van der Waals surface area contributed by atoms with Crippen LogP contribution >= 0.6 is 27.7 Å². The van der Waals surface area contributed by atoms with Gasteiger partial charge in [0.25, 0.3) is 5.22 Å². The molecular weight excluding hydrogens is 377 g/mol. The lowest BCUT2D eigenvalue weighted by atomic mass is 10.1. The summed E-state index contributed by atoms with van der Waals surface area (Å²) >= 11 is 3.61. The fraction of sp³-hybridized carbons (Fsp3) is 0.182. The number of aromatic nitrogens is 2. The second-order valence-corrected chi connectivity index (χ2v) is 5.53. The molecule has 0 unspecified atom stereocenters. The number of carboxylic acid groups (broad SMARTS) is 1. The Morgan fingerprint density at radius 3 is 2.71 bits per heavy atom. The van der Waals surface area contributed by atoms with Crippen LogP contribution in [0.15, 0.2) is 32.3 Å². The minimum atomic E-state index is -4.52. The summed E-state index contributed by atoms with van der Waals surface area (Å²) in [4.78, 5) is 10.4. The van der Waals surface area contributed by atoms with Crippen LogP contribution in [0.2, 0.25) is 0 Å². The lowest BCUT2D eigenvalue weighted by Gasteiger charge is -2.09. The fourth-order valence-corrected chi connectivity index (χ4v) is 2.34. The average molecular weight is 383 g/mol. The summed E-state index contributed by atoms with van der Waals surface area (Å²) in [7, 11) is 0. The SMILES string of the molecule is O=C(O)CSc1nnc(-c2ccc(Br)c(C(F)(F)F)c2)o1. The van der Waals surface area contributed by atoms with E-state index in [9.17, 15) is 18.0 Å². The van der Waals surface area contributed by atoms with Gasteiger partial charge in [-0.05, 0) is 18.2 Å². The molecule has 0 bridgehead atoms. The highest BCUT2D eigenvalue weighted by molar-refractivity contribution is 9.10. The Morgan fingerprint density at radius 2 is 2.10 bits per heavy atom. The third-order valence-corrected chi connectivity index (χ3v) is 3.74. The van der Waals surface area contributed by atoms with Crippen LogP contribution in [0.25, 0.3) is 11.5 Å². The highest BCUT2D eigenvalue weighted by Crippen LogP contribution is 2.37. The number of alkyl halides is 3. The summed E-state index contributed by atoms with van der Waals surface area (Å²) in [5.41, 5.74) is -0.766. The summed E-state index contributed by atoms with van der Waals surface area (Å²) in [6.45, 7) is 0. The van der Waals surface area contributed by atoms with Crippen LogP contribution in [0.3, 0.4) is 0 Å². The number of aliphatic carboxylic acids is 1. The fourth-order valence-electron chi connectivity index (χ4n) is 1.38. The van der Waals surface area contributed by atoms with E-state index in [1.165, 1.54) is 12.1 Å². The maximum absolute atomic E-state index is 12.8. The first-order valence-electron chi connectivity index (χ1n) is 5.32. The summed E-state index contributed by atoms with van der Waals surface area (Å²) in [6, 6.07) is 3.49. The summed E-state index contributed by atoms with van der Waals surface area (Å²) < 4.78 is 43.4. The molecule has 0 atom stereocenters. The van der Waals surface area contributed by atoms with E-state index in [1.54, 1.807) is 0 Å². The molecule has 21 heavy (non-hydrogen) atoms. The van der Waals surface area contributed by atoms with Crippen molar-refractivity contribution in [2.24, 2.45) is 0 Å². The van der Waals surface area contributed by atoms with Gasteiger partial charge in [0.05, 0.1) is 5.56 Å². The Kier molecular flexibility index (Phi) is 4.57. The zero-order chi connectivity index (χ0) is 15.6. The quantitative estimate of drug-likeness (QED) is 0.812. The number of rotatable bonds is 4. The lowest BCUT2D eigenvalue weighted by molar-refractivity contribution is -0.138. The van der Waals surface area contributed by atoms with Crippen LogP contribution in [-0.2, 0) is 11.0 Å². The lowest BCUT2D eigenvalue weighted by Crippen LogP contribution is -2.06. The topological polar surface area (TPSA) is 76.2 Å². The number of hydrogen-bond acceptors (Lipinski definition) is 5. The van der Waals surface area contributed by atoms with Crippen LogP contribution in [0.4, 0.5) is 13.2 Å². The highest BCUT2D eigenvalue weighted by Gasteiger charge is 2.33. The molecule has 1 heterocycles. The maximum Gasteiger partial charge on any atom is 0.417 e. The largest absolute Gasteiger partial charge is 0.481 e. The molecule has 1 aromatic carbocycles. The third-order valence-electron chi connectivity index (χ3n) is 2.24. The molecule has 1 aromatic heterocycles. The van der Waals surface area contributed by atoms with Crippen molar-refractivity contribution in [1.82, 2.24) is 10.2 Å². The van der Waals surface area contributed by atoms with Gasteiger partial charge in [0.15, 0.2) is 0 Å². The highest BCUT2D eigenvalue weighted by atomic mass is 79.9. The van der Waals surface area contributed by atoms with Crippen molar-refractivity contribution in [3.05, 3.63) is 28.2 Å². The molecule has 10 heteroatoms. The van der Waals surface area contributed by atoms with Crippen molar-refractivity contribution in [3.63, 3.8) is 0 Å². The molecule has 0 amide bonds. The standard InChI is InChI=1S/C11H6BrF3N2O3S/c12-7-2-1-5(3-6(7)11(13,14)15)9-16-17-10(20-9)21-4-8(18)19/h1-3H,4H2,(H,18,19). The Labute approximate surface area is 128 Å². The van der Waals surface area contributed by atoms with Crippen LogP contribution in [0.5, 0.6) is 0 Å². The molecule has 0 radical (unpaired) electrons. The van der Waals surface area contributed by atoms with Crippen molar-refractivity contribution in [2.75, 3.05) is 5.75 Å². The van der Waals surface area contributed by atoms with E-state index in [0.717, 1.165) is 17.8 Å². The number of halogens is 4. The van der Waals surface area contributed by atoms with E-state index in [0.29, 0.717) is 0 Å². The zero-order valence-electron chi connectivity index (χ0n) is 10.0. The smallest absolute Gasteiger partial charge is 0.417 e. The van der Waals surface area contributed by atoms with Gasteiger partial charge >= 0.3 is 12.1 Å². The van der Waals surface area contributed by atoms with Crippen molar-refractivity contribution < 1.29 is 27.5 Å². The minimum absolute atomic E-state index is 0.0242. The molecule has 0 spiro atoms. The first kappa shape index (κ1) is 15.8. The molecule has 112 valence electrons. The van der Waals surface area contributed by atoms with Crippen molar-refractivity contribution >= 4 is 33.7 Å². The number of carbonyl (C=O) groups is 1. The van der Waals surface area contributed by atoms with E-state index in [1.807, 2.05) is 0 Å². The molecule has 2 aromatic rings. The molecular formula is C11H6BrF3N2O3S. The molecule has 5 nitrogen and oxygen atoms in total. The van der Waals surface area contributed by atoms with E-state index in [-0.39, 0.29) is 26.9 Å². The third kappa shape index (κ3) is 3.97. The van der Waals surface area contributed by atoms with Gasteiger partial charge < -0.3 is 9.52 Å². The van der Waals surface area contributed by atoms with Crippen molar-refractivity contribution in [3.8, 4) is 11.5 Å². The van der Waals surface area contributed by atoms with Crippen molar-refractivity contribution in [2.45, 2.75) is 11.4 Å². The van der Waals surface area contributed by atoms with Gasteiger partial charge in [0, 0.05) is 10.0 Å². The first-order chi connectivity index (χ1) is 9.77. The number of thioether (sulfide) groups is 1. The Balaban J connectivity index is 2.28.